The maximum atomic E-state index is 13.4. The molecular weight excluding hydrogens is 368 g/mol. The first-order chi connectivity index (χ1) is 14.1. The highest BCUT2D eigenvalue weighted by molar-refractivity contribution is 6.29. The minimum Gasteiger partial charge on any atom is -0.493 e. The molecule has 4 rings (SSSR count). The number of rotatable bonds is 5. The van der Waals surface area contributed by atoms with E-state index in [1.165, 1.54) is 24.9 Å². The first kappa shape index (κ1) is 19.2. The van der Waals surface area contributed by atoms with E-state index in [9.17, 15) is 9.59 Å². The van der Waals surface area contributed by atoms with Gasteiger partial charge in [0, 0.05) is 23.9 Å². The number of anilines is 1. The minimum atomic E-state index is -0.586. The second-order valence-corrected chi connectivity index (χ2v) is 7.32. The molecule has 150 valence electrons. The molecule has 1 atom stereocenters. The number of hydrogen-bond acceptors (Lipinski definition) is 5. The molecule has 29 heavy (non-hydrogen) atoms. The summed E-state index contributed by atoms with van der Waals surface area (Å²) in [7, 11) is 3.06. The summed E-state index contributed by atoms with van der Waals surface area (Å²) in [4.78, 5) is 32.5. The smallest absolute Gasteiger partial charge is 0.265 e. The van der Waals surface area contributed by atoms with Gasteiger partial charge in [-0.05, 0) is 36.6 Å². The van der Waals surface area contributed by atoms with Gasteiger partial charge in [-0.1, -0.05) is 31.0 Å². The highest BCUT2D eigenvalue weighted by Gasteiger charge is 2.39. The number of methoxy groups -OCH3 is 2. The second-order valence-electron chi connectivity index (χ2n) is 7.32. The minimum absolute atomic E-state index is 0.266. The van der Waals surface area contributed by atoms with Crippen molar-refractivity contribution in [1.82, 2.24) is 0 Å². The Morgan fingerprint density at radius 2 is 1.72 bits per heavy atom. The van der Waals surface area contributed by atoms with E-state index in [0.29, 0.717) is 28.3 Å². The van der Waals surface area contributed by atoms with E-state index < -0.39 is 5.92 Å². The molecule has 0 N–H and O–H groups in total. The van der Waals surface area contributed by atoms with E-state index in [-0.39, 0.29) is 17.9 Å². The maximum absolute atomic E-state index is 13.4. The standard InChI is InChI=1S/C23H24N2O4/c1-28-20-12-11-16(13-21(20)29-2)25-22(26)18-10-6-5-9-17(18)19(23(25)27)14-24-15-7-3-4-8-15/h5-6,9-15,19H,3-4,7-8H2,1-2H3/t19-/m0/s1. The molecule has 1 fully saturated rings. The van der Waals surface area contributed by atoms with E-state index in [4.69, 9.17) is 9.47 Å². The summed E-state index contributed by atoms with van der Waals surface area (Å²) in [5.74, 6) is -0.239. The molecule has 0 unspecified atom stereocenters. The van der Waals surface area contributed by atoms with Gasteiger partial charge in [-0.3, -0.25) is 14.6 Å². The molecule has 6 nitrogen and oxygen atoms in total. The largest absolute Gasteiger partial charge is 0.493 e. The Bertz CT molecular complexity index is 963. The summed E-state index contributed by atoms with van der Waals surface area (Å²) in [6, 6.07) is 12.5. The van der Waals surface area contributed by atoms with Gasteiger partial charge < -0.3 is 9.47 Å². The third kappa shape index (κ3) is 3.50. The lowest BCUT2D eigenvalue weighted by Crippen LogP contribution is -2.45. The van der Waals surface area contributed by atoms with Crippen molar-refractivity contribution in [3.63, 3.8) is 0 Å². The number of benzene rings is 2. The van der Waals surface area contributed by atoms with Crippen LogP contribution in [0.25, 0.3) is 0 Å². The number of imide groups is 1. The second kappa shape index (κ2) is 8.07. The molecule has 0 bridgehead atoms. The topological polar surface area (TPSA) is 68.2 Å². The third-order valence-corrected chi connectivity index (χ3v) is 5.61. The SMILES string of the molecule is COc1ccc(N2C(=O)c3ccccc3[C@H](C=NC3CCCC3)C2=O)cc1OC. The highest BCUT2D eigenvalue weighted by atomic mass is 16.5. The predicted molar refractivity (Wildman–Crippen MR) is 111 cm³/mol. The van der Waals surface area contributed by atoms with Crippen molar-refractivity contribution in [3.05, 3.63) is 53.6 Å². The van der Waals surface area contributed by atoms with Crippen molar-refractivity contribution < 1.29 is 19.1 Å². The Kier molecular flexibility index (Phi) is 5.34. The van der Waals surface area contributed by atoms with E-state index in [1.54, 1.807) is 37.6 Å². The fraction of sp³-hybridized carbons (Fsp3) is 0.348. The molecule has 1 saturated carbocycles. The fourth-order valence-electron chi connectivity index (χ4n) is 4.07. The van der Waals surface area contributed by atoms with Gasteiger partial charge >= 0.3 is 0 Å². The number of nitrogens with zero attached hydrogens (tertiary/aromatic N) is 2. The van der Waals surface area contributed by atoms with E-state index in [2.05, 4.69) is 4.99 Å². The van der Waals surface area contributed by atoms with Crippen LogP contribution in [0.5, 0.6) is 11.5 Å². The van der Waals surface area contributed by atoms with Crippen LogP contribution in [0.1, 0.15) is 47.5 Å². The number of aliphatic imine (C=N–C) groups is 1. The molecule has 2 aromatic rings. The number of fused-ring (bicyclic) bond motifs is 1. The molecule has 1 aliphatic heterocycles. The van der Waals surface area contributed by atoms with E-state index in [0.717, 1.165) is 12.8 Å². The van der Waals surface area contributed by atoms with Gasteiger partial charge in [-0.15, -0.1) is 0 Å². The molecule has 0 spiro atoms. The molecule has 0 aromatic heterocycles. The molecule has 0 saturated heterocycles. The zero-order valence-electron chi connectivity index (χ0n) is 16.6. The molecule has 0 radical (unpaired) electrons. The van der Waals surface area contributed by atoms with Crippen LogP contribution in [0.2, 0.25) is 0 Å². The van der Waals surface area contributed by atoms with Crippen LogP contribution in [0, 0.1) is 0 Å². The van der Waals surface area contributed by atoms with Gasteiger partial charge in [0.05, 0.1) is 25.8 Å². The summed E-state index contributed by atoms with van der Waals surface area (Å²) < 4.78 is 10.6. The van der Waals surface area contributed by atoms with Gasteiger partial charge in [-0.2, -0.15) is 0 Å². The van der Waals surface area contributed by atoms with Crippen LogP contribution >= 0.6 is 0 Å². The number of hydrogen-bond donors (Lipinski definition) is 0. The van der Waals surface area contributed by atoms with Gasteiger partial charge in [0.1, 0.15) is 0 Å². The van der Waals surface area contributed by atoms with Crippen molar-refractivity contribution in [3.8, 4) is 11.5 Å². The normalized spacial score (nSPS) is 19.7. The summed E-state index contributed by atoms with van der Waals surface area (Å²) in [6.45, 7) is 0. The Morgan fingerprint density at radius 1 is 1.00 bits per heavy atom. The van der Waals surface area contributed by atoms with Crippen molar-refractivity contribution in [2.24, 2.45) is 4.99 Å². The predicted octanol–water partition coefficient (Wildman–Crippen LogP) is 3.99. The number of carbonyl (C=O) groups is 2. The average Bonchev–Trinajstić information content (AvgIpc) is 3.27. The van der Waals surface area contributed by atoms with Gasteiger partial charge in [0.25, 0.3) is 5.91 Å². The van der Waals surface area contributed by atoms with Crippen LogP contribution in [0.3, 0.4) is 0 Å². The Hall–Kier alpha value is -3.15. The summed E-state index contributed by atoms with van der Waals surface area (Å²) in [5.41, 5.74) is 1.68. The van der Waals surface area contributed by atoms with E-state index in [1.807, 2.05) is 18.2 Å². The average molecular weight is 392 g/mol. The molecular formula is C23H24N2O4. The summed E-state index contributed by atoms with van der Waals surface area (Å²) in [5, 5.41) is 0. The van der Waals surface area contributed by atoms with Crippen LogP contribution in [-0.4, -0.2) is 38.3 Å². The monoisotopic (exact) mass is 392 g/mol. The van der Waals surface area contributed by atoms with Crippen molar-refractivity contribution in [2.45, 2.75) is 37.6 Å². The van der Waals surface area contributed by atoms with Gasteiger partial charge in [0.15, 0.2) is 11.5 Å². The van der Waals surface area contributed by atoms with Crippen LogP contribution in [0.4, 0.5) is 5.69 Å². The van der Waals surface area contributed by atoms with Crippen molar-refractivity contribution >= 4 is 23.7 Å². The Labute approximate surface area is 170 Å². The lowest BCUT2D eigenvalue weighted by atomic mass is 9.88. The molecule has 1 aliphatic carbocycles. The zero-order valence-corrected chi connectivity index (χ0v) is 16.6. The van der Waals surface area contributed by atoms with Crippen LogP contribution < -0.4 is 14.4 Å². The zero-order chi connectivity index (χ0) is 20.4. The van der Waals surface area contributed by atoms with Gasteiger partial charge in [-0.25, -0.2) is 4.90 Å². The Balaban J connectivity index is 1.75. The highest BCUT2D eigenvalue weighted by Crippen LogP contribution is 2.36. The summed E-state index contributed by atoms with van der Waals surface area (Å²) in [6.07, 6.45) is 6.19. The summed E-state index contributed by atoms with van der Waals surface area (Å²) >= 11 is 0. The number of amides is 2. The number of ether oxygens (including phenoxy) is 2. The maximum Gasteiger partial charge on any atom is 0.265 e. The molecule has 6 heteroatoms. The number of carbonyl (C=O) groups excluding carboxylic acids is 2. The van der Waals surface area contributed by atoms with Crippen LogP contribution in [0.15, 0.2) is 47.5 Å². The lowest BCUT2D eigenvalue weighted by Gasteiger charge is -2.31. The molecule has 1 heterocycles. The molecule has 2 amide bonds. The van der Waals surface area contributed by atoms with E-state index >= 15 is 0 Å². The lowest BCUT2D eigenvalue weighted by molar-refractivity contribution is -0.118. The quantitative estimate of drug-likeness (QED) is 0.570. The van der Waals surface area contributed by atoms with Gasteiger partial charge in [0.2, 0.25) is 5.91 Å². The molecule has 2 aromatic carbocycles. The fourth-order valence-corrected chi connectivity index (χ4v) is 4.07. The van der Waals surface area contributed by atoms with Crippen LogP contribution in [-0.2, 0) is 4.79 Å². The third-order valence-electron chi connectivity index (χ3n) is 5.61. The first-order valence-corrected chi connectivity index (χ1v) is 9.86. The van der Waals surface area contributed by atoms with Crippen molar-refractivity contribution in [2.75, 3.05) is 19.1 Å². The molecule has 2 aliphatic rings. The Morgan fingerprint density at radius 3 is 2.45 bits per heavy atom. The first-order valence-electron chi connectivity index (χ1n) is 9.86. The van der Waals surface area contributed by atoms with Crippen molar-refractivity contribution in [1.29, 1.82) is 0 Å².